The van der Waals surface area contributed by atoms with Gasteiger partial charge in [0.1, 0.15) is 5.82 Å². The van der Waals surface area contributed by atoms with Crippen molar-refractivity contribution in [2.24, 2.45) is 5.41 Å². The second-order valence-corrected chi connectivity index (χ2v) is 6.42. The van der Waals surface area contributed by atoms with Crippen molar-refractivity contribution >= 4 is 27.3 Å². The number of aliphatic hydroxyl groups is 1. The molecule has 0 saturated heterocycles. The van der Waals surface area contributed by atoms with Crippen LogP contribution in [-0.2, 0) is 0 Å². The van der Waals surface area contributed by atoms with Gasteiger partial charge < -0.3 is 10.4 Å². The molecule has 2 N–H and O–H groups in total. The second-order valence-electron chi connectivity index (χ2n) is 5.34. The van der Waals surface area contributed by atoms with Gasteiger partial charge >= 0.3 is 0 Å². The molecule has 5 heteroatoms. The van der Waals surface area contributed by atoms with E-state index in [9.17, 15) is 14.3 Å². The Hall–Kier alpha value is -1.46. The normalized spacial score (nSPS) is 11.8. The number of aliphatic hydroxyl groups excluding tert-OH is 1. The van der Waals surface area contributed by atoms with Crippen LogP contribution in [0.25, 0.3) is 10.1 Å². The maximum atomic E-state index is 13.2. The minimum absolute atomic E-state index is 0.0535. The lowest BCUT2D eigenvalue weighted by atomic mass is 9.83. The van der Waals surface area contributed by atoms with E-state index in [-0.39, 0.29) is 23.7 Å². The predicted octanol–water partition coefficient (Wildman–Crippen LogP) is 3.57. The number of carbonyl (C=O) groups is 1. The van der Waals surface area contributed by atoms with E-state index in [0.717, 1.165) is 22.9 Å². The molecule has 0 aliphatic carbocycles. The monoisotopic (exact) mass is 309 g/mol. The summed E-state index contributed by atoms with van der Waals surface area (Å²) in [5.74, 6) is -0.469. The maximum Gasteiger partial charge on any atom is 0.261 e. The number of halogens is 1. The SMILES string of the molecule is CCC(CC)(CO)CNC(=O)c1cc2ccc(F)cc2s1. The third kappa shape index (κ3) is 3.41. The molecule has 0 atom stereocenters. The van der Waals surface area contributed by atoms with Crippen molar-refractivity contribution in [1.29, 1.82) is 0 Å². The Morgan fingerprint density at radius 2 is 2.05 bits per heavy atom. The summed E-state index contributed by atoms with van der Waals surface area (Å²) in [6, 6.07) is 6.27. The summed E-state index contributed by atoms with van der Waals surface area (Å²) in [7, 11) is 0. The highest BCUT2D eigenvalue weighted by molar-refractivity contribution is 7.20. The fraction of sp³-hybridized carbons (Fsp3) is 0.438. The van der Waals surface area contributed by atoms with E-state index >= 15 is 0 Å². The topological polar surface area (TPSA) is 49.3 Å². The number of benzene rings is 1. The van der Waals surface area contributed by atoms with Gasteiger partial charge in [-0.3, -0.25) is 4.79 Å². The molecule has 1 aromatic heterocycles. The summed E-state index contributed by atoms with van der Waals surface area (Å²) in [6.45, 7) is 4.51. The van der Waals surface area contributed by atoms with Crippen molar-refractivity contribution in [3.8, 4) is 0 Å². The molecular weight excluding hydrogens is 289 g/mol. The predicted molar refractivity (Wildman–Crippen MR) is 84.2 cm³/mol. The average molecular weight is 309 g/mol. The Kier molecular flexibility index (Phi) is 4.96. The Bertz CT molecular complexity index is 626. The Morgan fingerprint density at radius 3 is 2.67 bits per heavy atom. The third-order valence-electron chi connectivity index (χ3n) is 4.17. The zero-order valence-electron chi connectivity index (χ0n) is 12.3. The van der Waals surface area contributed by atoms with Crippen LogP contribution in [0, 0.1) is 11.2 Å². The van der Waals surface area contributed by atoms with Gasteiger partial charge in [-0.05, 0) is 36.4 Å². The van der Waals surface area contributed by atoms with Crippen LogP contribution < -0.4 is 5.32 Å². The van der Waals surface area contributed by atoms with E-state index in [1.807, 2.05) is 13.8 Å². The standard InChI is InChI=1S/C16H20FNO2S/c1-3-16(4-2,10-19)9-18-15(20)14-7-11-5-6-12(17)8-13(11)21-14/h5-8,19H,3-4,9-10H2,1-2H3,(H,18,20). The smallest absolute Gasteiger partial charge is 0.261 e. The lowest BCUT2D eigenvalue weighted by Crippen LogP contribution is -2.39. The van der Waals surface area contributed by atoms with Crippen molar-refractivity contribution < 1.29 is 14.3 Å². The number of fused-ring (bicyclic) bond motifs is 1. The van der Waals surface area contributed by atoms with Crippen molar-refractivity contribution in [2.75, 3.05) is 13.2 Å². The van der Waals surface area contributed by atoms with E-state index in [1.165, 1.54) is 23.5 Å². The number of hydrogen-bond acceptors (Lipinski definition) is 3. The molecule has 114 valence electrons. The fourth-order valence-corrected chi connectivity index (χ4v) is 3.26. The molecule has 21 heavy (non-hydrogen) atoms. The van der Waals surface area contributed by atoms with E-state index in [0.29, 0.717) is 11.4 Å². The quantitative estimate of drug-likeness (QED) is 0.857. The molecule has 1 amide bonds. The summed E-state index contributed by atoms with van der Waals surface area (Å²) in [4.78, 5) is 12.8. The van der Waals surface area contributed by atoms with Gasteiger partial charge in [-0.2, -0.15) is 0 Å². The number of nitrogens with one attached hydrogen (secondary N) is 1. The highest BCUT2D eigenvalue weighted by Crippen LogP contribution is 2.27. The van der Waals surface area contributed by atoms with E-state index in [2.05, 4.69) is 5.32 Å². The first-order valence-corrected chi connectivity index (χ1v) is 7.93. The Labute approximate surface area is 127 Å². The molecule has 0 unspecified atom stereocenters. The van der Waals surface area contributed by atoms with E-state index in [4.69, 9.17) is 0 Å². The molecule has 1 heterocycles. The molecule has 2 aromatic rings. The number of hydrogen-bond donors (Lipinski definition) is 2. The summed E-state index contributed by atoms with van der Waals surface area (Å²) < 4.78 is 13.9. The van der Waals surface area contributed by atoms with Gasteiger partial charge in [0.2, 0.25) is 0 Å². The largest absolute Gasteiger partial charge is 0.396 e. The van der Waals surface area contributed by atoms with Gasteiger partial charge in [-0.25, -0.2) is 4.39 Å². The van der Waals surface area contributed by atoms with Gasteiger partial charge in [0.25, 0.3) is 5.91 Å². The third-order valence-corrected chi connectivity index (χ3v) is 5.26. The molecule has 0 bridgehead atoms. The van der Waals surface area contributed by atoms with Crippen LogP contribution in [0.4, 0.5) is 4.39 Å². The summed E-state index contributed by atoms with van der Waals surface area (Å²) in [6.07, 6.45) is 1.61. The molecule has 3 nitrogen and oxygen atoms in total. The minimum atomic E-state index is -0.299. The maximum absolute atomic E-state index is 13.2. The van der Waals surface area contributed by atoms with E-state index < -0.39 is 0 Å². The summed E-state index contributed by atoms with van der Waals surface area (Å²) in [5.41, 5.74) is -0.265. The Balaban J connectivity index is 2.12. The number of carbonyl (C=O) groups excluding carboxylic acids is 1. The molecule has 2 rings (SSSR count). The minimum Gasteiger partial charge on any atom is -0.396 e. The van der Waals surface area contributed by atoms with Crippen LogP contribution in [0.15, 0.2) is 24.3 Å². The van der Waals surface area contributed by atoms with E-state index in [1.54, 1.807) is 12.1 Å². The second kappa shape index (κ2) is 6.54. The van der Waals surface area contributed by atoms with Crippen LogP contribution >= 0.6 is 11.3 Å². The van der Waals surface area contributed by atoms with Crippen LogP contribution in [-0.4, -0.2) is 24.2 Å². The van der Waals surface area contributed by atoms with Crippen molar-refractivity contribution in [1.82, 2.24) is 5.32 Å². The van der Waals surface area contributed by atoms with Crippen LogP contribution in [0.5, 0.6) is 0 Å². The molecule has 0 aliphatic heterocycles. The molecule has 0 aliphatic rings. The molecule has 0 spiro atoms. The number of thiophene rings is 1. The van der Waals surface area contributed by atoms with Crippen molar-refractivity contribution in [3.63, 3.8) is 0 Å². The van der Waals surface area contributed by atoms with Crippen LogP contribution in [0.2, 0.25) is 0 Å². The lowest BCUT2D eigenvalue weighted by molar-refractivity contribution is 0.0854. The van der Waals surface area contributed by atoms with Gasteiger partial charge in [-0.15, -0.1) is 11.3 Å². The van der Waals surface area contributed by atoms with Crippen molar-refractivity contribution in [3.05, 3.63) is 35.0 Å². The lowest BCUT2D eigenvalue weighted by Gasteiger charge is -2.29. The highest BCUT2D eigenvalue weighted by atomic mass is 32.1. The van der Waals surface area contributed by atoms with Gasteiger partial charge in [-0.1, -0.05) is 19.9 Å². The van der Waals surface area contributed by atoms with Gasteiger partial charge in [0.15, 0.2) is 0 Å². The van der Waals surface area contributed by atoms with Crippen molar-refractivity contribution in [2.45, 2.75) is 26.7 Å². The molecular formula is C16H20FNO2S. The van der Waals surface area contributed by atoms with Crippen LogP contribution in [0.1, 0.15) is 36.4 Å². The summed E-state index contributed by atoms with van der Waals surface area (Å²) in [5, 5.41) is 13.3. The fourth-order valence-electron chi connectivity index (χ4n) is 2.25. The Morgan fingerprint density at radius 1 is 1.33 bits per heavy atom. The number of rotatable bonds is 6. The zero-order chi connectivity index (χ0) is 15.5. The van der Waals surface area contributed by atoms with Crippen LogP contribution in [0.3, 0.4) is 0 Å². The highest BCUT2D eigenvalue weighted by Gasteiger charge is 2.26. The first kappa shape index (κ1) is 15.9. The van der Waals surface area contributed by atoms with Gasteiger partial charge in [0.05, 0.1) is 11.5 Å². The van der Waals surface area contributed by atoms with Gasteiger partial charge in [0, 0.05) is 16.7 Å². The molecule has 0 fully saturated rings. The average Bonchev–Trinajstić information content (AvgIpc) is 2.92. The first-order chi connectivity index (χ1) is 10.0. The number of amides is 1. The molecule has 0 saturated carbocycles. The first-order valence-electron chi connectivity index (χ1n) is 7.11. The molecule has 0 radical (unpaired) electrons. The molecule has 1 aromatic carbocycles. The summed E-state index contributed by atoms with van der Waals surface area (Å²) >= 11 is 1.28. The zero-order valence-corrected chi connectivity index (χ0v) is 13.1.